The summed E-state index contributed by atoms with van der Waals surface area (Å²) in [7, 11) is 0. The first-order chi connectivity index (χ1) is 12.1. The van der Waals surface area contributed by atoms with Crippen LogP contribution in [0.25, 0.3) is 0 Å². The van der Waals surface area contributed by atoms with Gasteiger partial charge in [0.2, 0.25) is 5.72 Å². The van der Waals surface area contributed by atoms with Gasteiger partial charge in [0.1, 0.15) is 11.6 Å². The SMILES string of the molecule is O=C1NC2(CCCN(C(=O)c3ccccc3F)C2)Oc2ccccc21. The van der Waals surface area contributed by atoms with Gasteiger partial charge in [0.05, 0.1) is 17.7 Å². The summed E-state index contributed by atoms with van der Waals surface area (Å²) in [5, 5.41) is 2.89. The molecule has 0 aromatic heterocycles. The van der Waals surface area contributed by atoms with Crippen LogP contribution in [0.15, 0.2) is 48.5 Å². The van der Waals surface area contributed by atoms with Crippen LogP contribution in [-0.4, -0.2) is 35.5 Å². The van der Waals surface area contributed by atoms with Gasteiger partial charge in [-0.1, -0.05) is 24.3 Å². The highest BCUT2D eigenvalue weighted by atomic mass is 19.1. The van der Waals surface area contributed by atoms with E-state index in [1.165, 1.54) is 17.0 Å². The number of nitrogens with zero attached hydrogens (tertiary/aromatic N) is 1. The van der Waals surface area contributed by atoms with E-state index in [0.717, 1.165) is 0 Å². The molecule has 2 aliphatic heterocycles. The number of fused-ring (bicyclic) bond motifs is 1. The van der Waals surface area contributed by atoms with Crippen LogP contribution in [0.1, 0.15) is 33.6 Å². The summed E-state index contributed by atoms with van der Waals surface area (Å²) < 4.78 is 20.0. The Morgan fingerprint density at radius 1 is 1.16 bits per heavy atom. The second-order valence-corrected chi connectivity index (χ2v) is 6.36. The molecule has 4 rings (SSSR count). The Bertz CT molecular complexity index is 854. The fourth-order valence-electron chi connectivity index (χ4n) is 3.44. The van der Waals surface area contributed by atoms with Crippen molar-refractivity contribution in [3.63, 3.8) is 0 Å². The van der Waals surface area contributed by atoms with Crippen molar-refractivity contribution in [2.75, 3.05) is 13.1 Å². The lowest BCUT2D eigenvalue weighted by molar-refractivity contribution is -0.0315. The molecule has 5 nitrogen and oxygen atoms in total. The van der Waals surface area contributed by atoms with Gasteiger partial charge in [0.15, 0.2) is 0 Å². The number of rotatable bonds is 1. The van der Waals surface area contributed by atoms with Crippen molar-refractivity contribution < 1.29 is 18.7 Å². The van der Waals surface area contributed by atoms with Crippen LogP contribution in [0.4, 0.5) is 4.39 Å². The molecule has 0 aliphatic carbocycles. The van der Waals surface area contributed by atoms with Gasteiger partial charge in [-0.25, -0.2) is 4.39 Å². The van der Waals surface area contributed by atoms with E-state index in [1.807, 2.05) is 0 Å². The lowest BCUT2D eigenvalue weighted by Crippen LogP contribution is -2.64. The van der Waals surface area contributed by atoms with Gasteiger partial charge in [-0.05, 0) is 30.7 Å². The van der Waals surface area contributed by atoms with E-state index >= 15 is 0 Å². The zero-order valence-electron chi connectivity index (χ0n) is 13.5. The third-order valence-electron chi connectivity index (χ3n) is 4.62. The van der Waals surface area contributed by atoms with Gasteiger partial charge < -0.3 is 15.0 Å². The first kappa shape index (κ1) is 15.6. The normalized spacial score (nSPS) is 22.1. The quantitative estimate of drug-likeness (QED) is 0.868. The molecule has 1 atom stereocenters. The Hall–Kier alpha value is -2.89. The van der Waals surface area contributed by atoms with E-state index < -0.39 is 17.4 Å². The Labute approximate surface area is 144 Å². The molecule has 128 valence electrons. The zero-order chi connectivity index (χ0) is 17.4. The number of halogens is 1. The van der Waals surface area contributed by atoms with E-state index in [1.54, 1.807) is 36.4 Å². The number of para-hydroxylation sites is 1. The van der Waals surface area contributed by atoms with Crippen molar-refractivity contribution >= 4 is 11.8 Å². The molecular formula is C19H17FN2O3. The van der Waals surface area contributed by atoms with Crippen LogP contribution in [0.2, 0.25) is 0 Å². The predicted molar refractivity (Wildman–Crippen MR) is 88.8 cm³/mol. The number of hydrogen-bond acceptors (Lipinski definition) is 3. The lowest BCUT2D eigenvalue weighted by atomic mass is 9.97. The lowest BCUT2D eigenvalue weighted by Gasteiger charge is -2.45. The Balaban J connectivity index is 1.61. The number of likely N-dealkylation sites (tertiary alicyclic amines) is 1. The minimum atomic E-state index is -0.968. The van der Waals surface area contributed by atoms with Crippen LogP contribution >= 0.6 is 0 Å². The smallest absolute Gasteiger partial charge is 0.258 e. The maximum atomic E-state index is 13.9. The maximum absolute atomic E-state index is 13.9. The average molecular weight is 340 g/mol. The van der Waals surface area contributed by atoms with E-state index in [2.05, 4.69) is 5.32 Å². The zero-order valence-corrected chi connectivity index (χ0v) is 13.5. The molecular weight excluding hydrogens is 323 g/mol. The molecule has 2 heterocycles. The van der Waals surface area contributed by atoms with E-state index in [4.69, 9.17) is 4.74 Å². The molecule has 2 aromatic carbocycles. The van der Waals surface area contributed by atoms with Crippen LogP contribution in [-0.2, 0) is 0 Å². The highest BCUT2D eigenvalue weighted by molar-refractivity contribution is 5.98. The van der Waals surface area contributed by atoms with Crippen molar-refractivity contribution in [1.29, 1.82) is 0 Å². The molecule has 2 aliphatic rings. The van der Waals surface area contributed by atoms with Crippen LogP contribution in [0.3, 0.4) is 0 Å². The topological polar surface area (TPSA) is 58.6 Å². The molecule has 1 fully saturated rings. The van der Waals surface area contributed by atoms with E-state index in [0.29, 0.717) is 30.7 Å². The fourth-order valence-corrected chi connectivity index (χ4v) is 3.44. The summed E-state index contributed by atoms with van der Waals surface area (Å²) in [4.78, 5) is 26.6. The van der Waals surface area contributed by atoms with Crippen molar-refractivity contribution in [2.24, 2.45) is 0 Å². The molecule has 1 saturated heterocycles. The molecule has 25 heavy (non-hydrogen) atoms. The summed E-state index contributed by atoms with van der Waals surface area (Å²) in [6.07, 6.45) is 1.25. The number of hydrogen-bond donors (Lipinski definition) is 1. The van der Waals surface area contributed by atoms with Crippen LogP contribution in [0.5, 0.6) is 5.75 Å². The minimum Gasteiger partial charge on any atom is -0.465 e. The highest BCUT2D eigenvalue weighted by Gasteiger charge is 2.44. The molecule has 1 N–H and O–H groups in total. The number of nitrogens with one attached hydrogen (secondary N) is 1. The predicted octanol–water partition coefficient (Wildman–Crippen LogP) is 2.58. The molecule has 2 amide bonds. The summed E-state index contributed by atoms with van der Waals surface area (Å²) >= 11 is 0. The van der Waals surface area contributed by atoms with Gasteiger partial charge in [-0.2, -0.15) is 0 Å². The molecule has 0 radical (unpaired) electrons. The molecule has 1 spiro atoms. The third-order valence-corrected chi connectivity index (χ3v) is 4.62. The Morgan fingerprint density at radius 2 is 1.92 bits per heavy atom. The summed E-state index contributed by atoms with van der Waals surface area (Å²) in [5.74, 6) is -0.659. The minimum absolute atomic E-state index is 0.0297. The van der Waals surface area contributed by atoms with Crippen LogP contribution < -0.4 is 10.1 Å². The maximum Gasteiger partial charge on any atom is 0.258 e. The van der Waals surface area contributed by atoms with Gasteiger partial charge in [0, 0.05) is 13.0 Å². The van der Waals surface area contributed by atoms with Crippen molar-refractivity contribution in [3.8, 4) is 5.75 Å². The average Bonchev–Trinajstić information content (AvgIpc) is 2.61. The number of carbonyl (C=O) groups excluding carboxylic acids is 2. The van der Waals surface area contributed by atoms with Gasteiger partial charge >= 0.3 is 0 Å². The van der Waals surface area contributed by atoms with Gasteiger partial charge in [0.25, 0.3) is 11.8 Å². The number of amides is 2. The molecule has 2 aromatic rings. The molecule has 0 bridgehead atoms. The molecule has 1 unspecified atom stereocenters. The number of benzene rings is 2. The number of piperidine rings is 1. The Kier molecular flexibility index (Phi) is 3.67. The highest BCUT2D eigenvalue weighted by Crippen LogP contribution is 2.33. The largest absolute Gasteiger partial charge is 0.465 e. The third kappa shape index (κ3) is 2.73. The van der Waals surface area contributed by atoms with Crippen molar-refractivity contribution in [3.05, 3.63) is 65.5 Å². The van der Waals surface area contributed by atoms with E-state index in [9.17, 15) is 14.0 Å². The van der Waals surface area contributed by atoms with Crippen LogP contribution in [0, 0.1) is 5.82 Å². The Morgan fingerprint density at radius 3 is 2.76 bits per heavy atom. The monoisotopic (exact) mass is 340 g/mol. The van der Waals surface area contributed by atoms with Crippen molar-refractivity contribution in [1.82, 2.24) is 10.2 Å². The van der Waals surface area contributed by atoms with Gasteiger partial charge in [-0.15, -0.1) is 0 Å². The number of carbonyl (C=O) groups is 2. The molecule has 0 saturated carbocycles. The standard InChI is InChI=1S/C19H17FN2O3/c20-15-8-3-1-6-13(15)18(24)22-11-5-10-19(12-22)21-17(23)14-7-2-4-9-16(14)25-19/h1-4,6-9H,5,10-12H2,(H,21,23). The number of ether oxygens (including phenoxy) is 1. The first-order valence-electron chi connectivity index (χ1n) is 8.22. The second-order valence-electron chi connectivity index (χ2n) is 6.36. The van der Waals surface area contributed by atoms with E-state index in [-0.39, 0.29) is 18.0 Å². The summed E-state index contributed by atoms with van der Waals surface area (Å²) in [6.45, 7) is 0.677. The fraction of sp³-hybridized carbons (Fsp3) is 0.263. The first-order valence-corrected chi connectivity index (χ1v) is 8.22. The van der Waals surface area contributed by atoms with Gasteiger partial charge in [-0.3, -0.25) is 9.59 Å². The second kappa shape index (κ2) is 5.88. The van der Waals surface area contributed by atoms with Crippen molar-refractivity contribution in [2.45, 2.75) is 18.6 Å². The summed E-state index contributed by atoms with van der Waals surface area (Å²) in [5.41, 5.74) is -0.460. The molecule has 6 heteroatoms. The summed E-state index contributed by atoms with van der Waals surface area (Å²) in [6, 6.07) is 12.9.